The van der Waals surface area contributed by atoms with E-state index in [1.54, 1.807) is 6.07 Å². The number of rotatable bonds is 7. The molecule has 30 heavy (non-hydrogen) atoms. The molecule has 2 aromatic rings. The summed E-state index contributed by atoms with van der Waals surface area (Å²) in [7, 11) is 0. The van der Waals surface area contributed by atoms with Gasteiger partial charge in [0.2, 0.25) is 5.91 Å². The molecule has 8 heteroatoms. The predicted molar refractivity (Wildman–Crippen MR) is 109 cm³/mol. The zero-order valence-corrected chi connectivity index (χ0v) is 16.8. The molecule has 0 radical (unpaired) electrons. The van der Waals surface area contributed by atoms with Gasteiger partial charge in [0.05, 0.1) is 31.1 Å². The van der Waals surface area contributed by atoms with Crippen LogP contribution in [0.5, 0.6) is 5.75 Å². The smallest absolute Gasteiger partial charge is 0.418 e. The van der Waals surface area contributed by atoms with Gasteiger partial charge in [0.15, 0.2) is 0 Å². The zero-order chi connectivity index (χ0) is 21.6. The second-order valence-corrected chi connectivity index (χ2v) is 6.95. The van der Waals surface area contributed by atoms with Crippen molar-refractivity contribution in [3.05, 3.63) is 53.6 Å². The number of hydrogen-bond acceptors (Lipinski definition) is 4. The number of halogens is 3. The van der Waals surface area contributed by atoms with Crippen molar-refractivity contribution >= 4 is 17.3 Å². The lowest BCUT2D eigenvalue weighted by Crippen LogP contribution is -2.36. The number of alkyl halides is 3. The van der Waals surface area contributed by atoms with E-state index in [-0.39, 0.29) is 12.1 Å². The number of morpholine rings is 1. The van der Waals surface area contributed by atoms with Crippen molar-refractivity contribution in [1.29, 1.82) is 0 Å². The number of anilines is 2. The normalized spacial score (nSPS) is 14.5. The van der Waals surface area contributed by atoms with Crippen LogP contribution in [0.4, 0.5) is 24.5 Å². The van der Waals surface area contributed by atoms with E-state index in [9.17, 15) is 18.0 Å². The van der Waals surface area contributed by atoms with Gasteiger partial charge in [0.1, 0.15) is 5.75 Å². The molecule has 162 valence electrons. The average molecular weight is 422 g/mol. The number of carbonyl (C=O) groups is 1. The number of aryl methyl sites for hydroxylation is 1. The fourth-order valence-electron chi connectivity index (χ4n) is 3.28. The molecule has 0 saturated carbocycles. The molecule has 0 atom stereocenters. The number of amides is 1. The van der Waals surface area contributed by atoms with E-state index in [4.69, 9.17) is 9.47 Å². The number of nitrogens with one attached hydrogen (secondary N) is 1. The van der Waals surface area contributed by atoms with Crippen LogP contribution >= 0.6 is 0 Å². The van der Waals surface area contributed by atoms with E-state index in [2.05, 4.69) is 5.32 Å². The lowest BCUT2D eigenvalue weighted by atomic mass is 10.1. The summed E-state index contributed by atoms with van der Waals surface area (Å²) >= 11 is 0. The van der Waals surface area contributed by atoms with Crippen LogP contribution < -0.4 is 15.0 Å². The van der Waals surface area contributed by atoms with Crippen LogP contribution in [0.1, 0.15) is 24.5 Å². The Morgan fingerprint density at radius 3 is 2.47 bits per heavy atom. The third-order valence-corrected chi connectivity index (χ3v) is 4.83. The summed E-state index contributed by atoms with van der Waals surface area (Å²) in [5.74, 6) is 0.273. The van der Waals surface area contributed by atoms with Crippen LogP contribution in [-0.4, -0.2) is 38.8 Å². The molecule has 2 aromatic carbocycles. The van der Waals surface area contributed by atoms with Crippen molar-refractivity contribution in [2.75, 3.05) is 43.1 Å². The maximum absolute atomic E-state index is 13.6. The summed E-state index contributed by atoms with van der Waals surface area (Å²) < 4.78 is 51.4. The van der Waals surface area contributed by atoms with E-state index >= 15 is 0 Å². The van der Waals surface area contributed by atoms with E-state index in [0.717, 1.165) is 17.4 Å². The Hall–Kier alpha value is -2.74. The van der Waals surface area contributed by atoms with Gasteiger partial charge in [-0.25, -0.2) is 0 Å². The van der Waals surface area contributed by atoms with Crippen LogP contribution in [0.2, 0.25) is 0 Å². The maximum Gasteiger partial charge on any atom is 0.418 e. The second-order valence-electron chi connectivity index (χ2n) is 6.95. The first-order valence-electron chi connectivity index (χ1n) is 9.92. The Balaban J connectivity index is 1.66. The number of nitrogens with zero attached hydrogens (tertiary/aromatic N) is 1. The predicted octanol–water partition coefficient (Wildman–Crippen LogP) is 4.51. The second kappa shape index (κ2) is 9.84. The molecule has 1 saturated heterocycles. The van der Waals surface area contributed by atoms with Crippen LogP contribution in [0.3, 0.4) is 0 Å². The number of carbonyl (C=O) groups excluding carboxylic acids is 1. The molecule has 0 unspecified atom stereocenters. The molecule has 0 aromatic heterocycles. The van der Waals surface area contributed by atoms with Crippen molar-refractivity contribution in [2.45, 2.75) is 25.9 Å². The highest BCUT2D eigenvalue weighted by molar-refractivity contribution is 5.92. The quantitative estimate of drug-likeness (QED) is 0.713. The Morgan fingerprint density at radius 1 is 1.13 bits per heavy atom. The van der Waals surface area contributed by atoms with Gasteiger partial charge in [-0.05, 0) is 49.2 Å². The summed E-state index contributed by atoms with van der Waals surface area (Å²) in [6.07, 6.45) is -4.07. The van der Waals surface area contributed by atoms with Crippen molar-refractivity contribution in [3.63, 3.8) is 0 Å². The van der Waals surface area contributed by atoms with E-state index in [1.807, 2.05) is 36.1 Å². The molecule has 1 amide bonds. The number of benzene rings is 2. The first-order chi connectivity index (χ1) is 14.4. The molecule has 0 bridgehead atoms. The number of ether oxygens (including phenoxy) is 2. The fourth-order valence-corrected chi connectivity index (χ4v) is 3.28. The Morgan fingerprint density at radius 2 is 1.83 bits per heavy atom. The molecule has 1 heterocycles. The van der Waals surface area contributed by atoms with E-state index in [0.29, 0.717) is 45.0 Å². The lowest BCUT2D eigenvalue weighted by Gasteiger charge is -2.29. The third-order valence-electron chi connectivity index (χ3n) is 4.83. The van der Waals surface area contributed by atoms with Gasteiger partial charge in [0, 0.05) is 25.2 Å². The van der Waals surface area contributed by atoms with Crippen molar-refractivity contribution in [3.8, 4) is 5.75 Å². The van der Waals surface area contributed by atoms with Crippen LogP contribution in [0.15, 0.2) is 42.5 Å². The highest BCUT2D eigenvalue weighted by Crippen LogP contribution is 2.37. The minimum absolute atomic E-state index is 0.0799. The first-order valence-corrected chi connectivity index (χ1v) is 9.92. The molecule has 3 rings (SSSR count). The van der Waals surface area contributed by atoms with Gasteiger partial charge in [0.25, 0.3) is 0 Å². The third kappa shape index (κ3) is 5.89. The average Bonchev–Trinajstić information content (AvgIpc) is 2.73. The lowest BCUT2D eigenvalue weighted by molar-refractivity contribution is -0.136. The van der Waals surface area contributed by atoms with Crippen molar-refractivity contribution in [1.82, 2.24) is 0 Å². The maximum atomic E-state index is 13.6. The van der Waals surface area contributed by atoms with Gasteiger partial charge in [-0.15, -0.1) is 0 Å². The monoisotopic (exact) mass is 422 g/mol. The van der Waals surface area contributed by atoms with E-state index in [1.165, 1.54) is 6.07 Å². The molecular weight excluding hydrogens is 397 g/mol. The standard InChI is InChI=1S/C22H25F3N2O3/c1-2-30-18-7-3-16(4-8-18)5-10-21(28)26-20-9-6-17(15-19(20)22(23,24)25)27-11-13-29-14-12-27/h3-4,6-9,15H,2,5,10-14H2,1H3,(H,26,28). The minimum Gasteiger partial charge on any atom is -0.494 e. The zero-order valence-electron chi connectivity index (χ0n) is 16.8. The van der Waals surface area contributed by atoms with Gasteiger partial charge in [-0.3, -0.25) is 4.79 Å². The van der Waals surface area contributed by atoms with E-state index < -0.39 is 17.6 Å². The summed E-state index contributed by atoms with van der Waals surface area (Å²) in [6, 6.07) is 11.3. The van der Waals surface area contributed by atoms with Gasteiger partial charge in [-0.2, -0.15) is 13.2 Å². The molecular formula is C22H25F3N2O3. The minimum atomic E-state index is -4.57. The molecule has 5 nitrogen and oxygen atoms in total. The summed E-state index contributed by atoms with van der Waals surface area (Å²) in [6.45, 7) is 4.47. The molecule has 0 spiro atoms. The molecule has 1 aliphatic heterocycles. The molecule has 0 aliphatic carbocycles. The van der Waals surface area contributed by atoms with Gasteiger partial charge >= 0.3 is 6.18 Å². The number of hydrogen-bond donors (Lipinski definition) is 1. The molecule has 1 aliphatic rings. The SMILES string of the molecule is CCOc1ccc(CCC(=O)Nc2ccc(N3CCOCC3)cc2C(F)(F)F)cc1. The molecule has 1 N–H and O–H groups in total. The van der Waals surface area contributed by atoms with Gasteiger partial charge in [-0.1, -0.05) is 12.1 Å². The largest absolute Gasteiger partial charge is 0.494 e. The molecule has 1 fully saturated rings. The fraction of sp³-hybridized carbons (Fsp3) is 0.409. The topological polar surface area (TPSA) is 50.8 Å². The van der Waals surface area contributed by atoms with Gasteiger partial charge < -0.3 is 19.7 Å². The highest BCUT2D eigenvalue weighted by Gasteiger charge is 2.34. The first kappa shape index (κ1) is 22.0. The Kier molecular flexibility index (Phi) is 7.20. The van der Waals surface area contributed by atoms with Crippen molar-refractivity contribution in [2.24, 2.45) is 0 Å². The van der Waals surface area contributed by atoms with Crippen LogP contribution in [0, 0.1) is 0 Å². The van der Waals surface area contributed by atoms with Crippen molar-refractivity contribution < 1.29 is 27.4 Å². The summed E-state index contributed by atoms with van der Waals surface area (Å²) in [5, 5.41) is 2.42. The summed E-state index contributed by atoms with van der Waals surface area (Å²) in [4.78, 5) is 14.1. The summed E-state index contributed by atoms with van der Waals surface area (Å²) in [5.41, 5.74) is 0.308. The Bertz CT molecular complexity index is 848. The Labute approximate surface area is 173 Å². The van der Waals surface area contributed by atoms with Crippen LogP contribution in [0.25, 0.3) is 0 Å². The highest BCUT2D eigenvalue weighted by atomic mass is 19.4. The van der Waals surface area contributed by atoms with Crippen LogP contribution in [-0.2, 0) is 22.1 Å².